The van der Waals surface area contributed by atoms with Gasteiger partial charge in [0.15, 0.2) is 0 Å². The van der Waals surface area contributed by atoms with E-state index in [-0.39, 0.29) is 0 Å². The summed E-state index contributed by atoms with van der Waals surface area (Å²) >= 11 is 3.67. The molecule has 2 nitrogen and oxygen atoms in total. The van der Waals surface area contributed by atoms with Crippen molar-refractivity contribution >= 4 is 15.9 Å². The van der Waals surface area contributed by atoms with Gasteiger partial charge in [0.05, 0.1) is 0 Å². The zero-order chi connectivity index (χ0) is 11.5. The van der Waals surface area contributed by atoms with Gasteiger partial charge in [0.1, 0.15) is 0 Å². The molecule has 0 saturated carbocycles. The number of aryl methyl sites for hydroxylation is 1. The summed E-state index contributed by atoms with van der Waals surface area (Å²) in [6, 6.07) is 4.35. The van der Waals surface area contributed by atoms with Gasteiger partial charge in [-0.05, 0) is 36.6 Å². The average molecular weight is 283 g/mol. The summed E-state index contributed by atoms with van der Waals surface area (Å²) in [4.78, 5) is 2.52. The third kappa shape index (κ3) is 2.65. The summed E-state index contributed by atoms with van der Waals surface area (Å²) in [6.45, 7) is 10.0. The largest absolute Gasteiger partial charge is 0.314 e. The van der Waals surface area contributed by atoms with Crippen LogP contribution in [0.5, 0.6) is 0 Å². The maximum atomic E-state index is 3.67. The van der Waals surface area contributed by atoms with Gasteiger partial charge in [0.25, 0.3) is 0 Å². The fourth-order valence-electron chi connectivity index (χ4n) is 2.13. The van der Waals surface area contributed by atoms with Crippen LogP contribution in [0.4, 0.5) is 0 Å². The van der Waals surface area contributed by atoms with E-state index in [0.717, 1.165) is 32.7 Å². The van der Waals surface area contributed by atoms with E-state index < -0.39 is 0 Å². The van der Waals surface area contributed by atoms with Crippen LogP contribution in [0.1, 0.15) is 16.7 Å². The van der Waals surface area contributed by atoms with Gasteiger partial charge in [0.2, 0.25) is 0 Å². The molecule has 0 atom stereocenters. The summed E-state index contributed by atoms with van der Waals surface area (Å²) in [5.41, 5.74) is 4.25. The van der Waals surface area contributed by atoms with Crippen LogP contribution < -0.4 is 5.32 Å². The van der Waals surface area contributed by atoms with Gasteiger partial charge in [-0.25, -0.2) is 0 Å². The average Bonchev–Trinajstić information content (AvgIpc) is 2.31. The molecule has 0 aromatic heterocycles. The first-order valence-corrected chi connectivity index (χ1v) is 6.65. The van der Waals surface area contributed by atoms with Crippen LogP contribution in [0.2, 0.25) is 0 Å². The molecule has 16 heavy (non-hydrogen) atoms. The van der Waals surface area contributed by atoms with E-state index in [1.807, 2.05) is 0 Å². The van der Waals surface area contributed by atoms with Crippen molar-refractivity contribution in [1.29, 1.82) is 0 Å². The number of nitrogens with one attached hydrogen (secondary N) is 1. The molecule has 1 saturated heterocycles. The first-order valence-electron chi connectivity index (χ1n) is 5.86. The highest BCUT2D eigenvalue weighted by atomic mass is 79.9. The Hall–Kier alpha value is -0.380. The van der Waals surface area contributed by atoms with E-state index in [1.54, 1.807) is 0 Å². The molecule has 0 bridgehead atoms. The minimum Gasteiger partial charge on any atom is -0.314 e. The summed E-state index contributed by atoms with van der Waals surface area (Å²) in [5.74, 6) is 0. The first kappa shape index (κ1) is 12.1. The van der Waals surface area contributed by atoms with Gasteiger partial charge in [-0.2, -0.15) is 0 Å². The normalized spacial score (nSPS) is 17.7. The number of nitrogens with zero attached hydrogens (tertiary/aromatic N) is 1. The predicted molar refractivity (Wildman–Crippen MR) is 71.8 cm³/mol. The molecule has 1 aromatic carbocycles. The lowest BCUT2D eigenvalue weighted by Crippen LogP contribution is -2.43. The van der Waals surface area contributed by atoms with Crippen LogP contribution in [0.15, 0.2) is 16.6 Å². The second kappa shape index (κ2) is 5.30. The number of piperazine rings is 1. The Morgan fingerprint density at radius 3 is 2.62 bits per heavy atom. The second-order valence-corrected chi connectivity index (χ2v) is 5.35. The minimum atomic E-state index is 1.07. The molecule has 1 aromatic rings. The Bertz CT molecular complexity index is 370. The van der Waals surface area contributed by atoms with Crippen LogP contribution in [-0.4, -0.2) is 31.1 Å². The number of halogens is 1. The highest BCUT2D eigenvalue weighted by Crippen LogP contribution is 2.24. The van der Waals surface area contributed by atoms with Gasteiger partial charge in [-0.3, -0.25) is 4.90 Å². The molecule has 1 aliphatic heterocycles. The van der Waals surface area contributed by atoms with Crippen LogP contribution in [0.3, 0.4) is 0 Å². The molecule has 1 fully saturated rings. The van der Waals surface area contributed by atoms with Gasteiger partial charge in [0, 0.05) is 37.2 Å². The zero-order valence-electron chi connectivity index (χ0n) is 10.0. The van der Waals surface area contributed by atoms with Gasteiger partial charge in [-0.1, -0.05) is 22.0 Å². The van der Waals surface area contributed by atoms with E-state index in [9.17, 15) is 0 Å². The number of rotatable bonds is 2. The second-order valence-electron chi connectivity index (χ2n) is 4.49. The van der Waals surface area contributed by atoms with Crippen molar-refractivity contribution < 1.29 is 0 Å². The van der Waals surface area contributed by atoms with E-state index in [0.29, 0.717) is 0 Å². The van der Waals surface area contributed by atoms with Crippen molar-refractivity contribution in [3.05, 3.63) is 33.3 Å². The Kier molecular flexibility index (Phi) is 4.00. The van der Waals surface area contributed by atoms with Crippen molar-refractivity contribution in [3.63, 3.8) is 0 Å². The third-order valence-electron chi connectivity index (χ3n) is 3.40. The monoisotopic (exact) mass is 282 g/mol. The molecule has 1 N–H and O–H groups in total. The molecule has 0 amide bonds. The SMILES string of the molecule is Cc1ccc(Br)c(CN2CCNCC2)c1C. The summed E-state index contributed by atoms with van der Waals surface area (Å²) in [6.07, 6.45) is 0. The molecule has 3 heteroatoms. The highest BCUT2D eigenvalue weighted by Gasteiger charge is 2.13. The molecule has 0 radical (unpaired) electrons. The Morgan fingerprint density at radius 2 is 1.94 bits per heavy atom. The van der Waals surface area contributed by atoms with Crippen molar-refractivity contribution in [1.82, 2.24) is 10.2 Å². The minimum absolute atomic E-state index is 1.07. The van der Waals surface area contributed by atoms with Crippen molar-refractivity contribution in [2.75, 3.05) is 26.2 Å². The van der Waals surface area contributed by atoms with Crippen LogP contribution in [0.25, 0.3) is 0 Å². The zero-order valence-corrected chi connectivity index (χ0v) is 11.6. The summed E-state index contributed by atoms with van der Waals surface area (Å²) < 4.78 is 1.24. The lowest BCUT2D eigenvalue weighted by molar-refractivity contribution is 0.232. The number of hydrogen-bond acceptors (Lipinski definition) is 2. The standard InChI is InChI=1S/C13H19BrN2/c1-10-3-4-13(14)12(11(10)2)9-16-7-5-15-6-8-16/h3-4,15H,5-9H2,1-2H3. The fraction of sp³-hybridized carbons (Fsp3) is 0.538. The molecule has 2 rings (SSSR count). The van der Waals surface area contributed by atoms with E-state index in [1.165, 1.54) is 21.2 Å². The van der Waals surface area contributed by atoms with Crippen LogP contribution in [0, 0.1) is 13.8 Å². The lowest BCUT2D eigenvalue weighted by Gasteiger charge is -2.28. The van der Waals surface area contributed by atoms with Crippen LogP contribution >= 0.6 is 15.9 Å². The molecule has 1 aliphatic rings. The summed E-state index contributed by atoms with van der Waals surface area (Å²) in [7, 11) is 0. The van der Waals surface area contributed by atoms with Gasteiger partial charge < -0.3 is 5.32 Å². The van der Waals surface area contributed by atoms with Crippen molar-refractivity contribution in [3.8, 4) is 0 Å². The molecular formula is C13H19BrN2. The van der Waals surface area contributed by atoms with E-state index in [2.05, 4.69) is 52.1 Å². The molecule has 0 unspecified atom stereocenters. The molecule has 88 valence electrons. The molecule has 0 spiro atoms. The Labute approximate surface area is 106 Å². The molecule has 1 heterocycles. The van der Waals surface area contributed by atoms with E-state index >= 15 is 0 Å². The lowest BCUT2D eigenvalue weighted by atomic mass is 10.0. The van der Waals surface area contributed by atoms with Gasteiger partial charge >= 0.3 is 0 Å². The van der Waals surface area contributed by atoms with Crippen molar-refractivity contribution in [2.24, 2.45) is 0 Å². The topological polar surface area (TPSA) is 15.3 Å². The molecular weight excluding hydrogens is 264 g/mol. The summed E-state index contributed by atoms with van der Waals surface area (Å²) in [5, 5.41) is 3.39. The van der Waals surface area contributed by atoms with Crippen molar-refractivity contribution in [2.45, 2.75) is 20.4 Å². The first-order chi connectivity index (χ1) is 7.68. The van der Waals surface area contributed by atoms with E-state index in [4.69, 9.17) is 0 Å². The smallest absolute Gasteiger partial charge is 0.0248 e. The van der Waals surface area contributed by atoms with Gasteiger partial charge in [-0.15, -0.1) is 0 Å². The number of hydrogen-bond donors (Lipinski definition) is 1. The third-order valence-corrected chi connectivity index (χ3v) is 4.15. The number of benzene rings is 1. The fourth-order valence-corrected chi connectivity index (χ4v) is 2.68. The maximum Gasteiger partial charge on any atom is 0.0248 e. The van der Waals surface area contributed by atoms with Crippen LogP contribution in [-0.2, 0) is 6.54 Å². The quantitative estimate of drug-likeness (QED) is 0.897. The highest BCUT2D eigenvalue weighted by molar-refractivity contribution is 9.10. The Balaban J connectivity index is 2.16. The predicted octanol–water partition coefficient (Wildman–Crippen LogP) is 2.47. The Morgan fingerprint density at radius 1 is 1.25 bits per heavy atom. The molecule has 0 aliphatic carbocycles. The maximum absolute atomic E-state index is 3.67.